The smallest absolute Gasteiger partial charge is 0.410 e. The van der Waals surface area contributed by atoms with E-state index in [1.807, 2.05) is 18.7 Å². The van der Waals surface area contributed by atoms with Crippen molar-refractivity contribution in [2.75, 3.05) is 32.7 Å². The number of hydrogen-bond donors (Lipinski definition) is 1. The molecule has 1 aromatic carbocycles. The highest BCUT2D eigenvalue weighted by molar-refractivity contribution is 5.73. The zero-order valence-corrected chi connectivity index (χ0v) is 20.6. The first-order valence-corrected chi connectivity index (χ1v) is 12.9. The molecule has 2 saturated heterocycles. The van der Waals surface area contributed by atoms with Crippen molar-refractivity contribution in [3.05, 3.63) is 35.4 Å². The highest BCUT2D eigenvalue weighted by Gasteiger charge is 2.42. The van der Waals surface area contributed by atoms with Crippen molar-refractivity contribution in [2.45, 2.75) is 83.3 Å². The molecule has 1 spiro atoms. The second-order valence-corrected chi connectivity index (χ2v) is 10.7. The van der Waals surface area contributed by atoms with E-state index in [2.05, 4.69) is 34.5 Å². The number of carbonyl (C=O) groups excluding carboxylic acids is 2. The summed E-state index contributed by atoms with van der Waals surface area (Å²) in [5, 5.41) is 3.16. The van der Waals surface area contributed by atoms with Gasteiger partial charge in [-0.2, -0.15) is 0 Å². The lowest BCUT2D eigenvalue weighted by molar-refractivity contribution is -0.119. The Bertz CT molecular complexity index is 838. The van der Waals surface area contributed by atoms with Gasteiger partial charge in [0.1, 0.15) is 0 Å². The van der Waals surface area contributed by atoms with Crippen LogP contribution in [0.4, 0.5) is 4.79 Å². The van der Waals surface area contributed by atoms with Crippen LogP contribution < -0.4 is 5.32 Å². The number of rotatable bonds is 5. The topological polar surface area (TPSA) is 61.9 Å². The fraction of sp³-hybridized carbons (Fsp3) is 0.704. The maximum Gasteiger partial charge on any atom is 0.410 e. The zero-order valence-electron chi connectivity index (χ0n) is 20.6. The van der Waals surface area contributed by atoms with E-state index >= 15 is 0 Å². The van der Waals surface area contributed by atoms with Gasteiger partial charge in [0.15, 0.2) is 0 Å². The maximum atomic E-state index is 12.3. The van der Waals surface area contributed by atoms with Crippen LogP contribution in [0.1, 0.15) is 84.3 Å². The molecule has 2 amide bonds. The predicted molar refractivity (Wildman–Crippen MR) is 132 cm³/mol. The van der Waals surface area contributed by atoms with Crippen LogP contribution in [0, 0.1) is 5.92 Å². The lowest BCUT2D eigenvalue weighted by atomic mass is 9.63. The van der Waals surface area contributed by atoms with Crippen LogP contribution in [-0.2, 0) is 14.9 Å². The summed E-state index contributed by atoms with van der Waals surface area (Å²) in [5.41, 5.74) is 3.04. The normalized spacial score (nSPS) is 25.0. The van der Waals surface area contributed by atoms with Crippen molar-refractivity contribution >= 4 is 12.0 Å². The third kappa shape index (κ3) is 5.71. The van der Waals surface area contributed by atoms with Crippen LogP contribution in [0.3, 0.4) is 0 Å². The number of piperidine rings is 2. The van der Waals surface area contributed by atoms with Gasteiger partial charge in [0.2, 0.25) is 5.91 Å². The van der Waals surface area contributed by atoms with Crippen molar-refractivity contribution in [1.29, 1.82) is 0 Å². The molecule has 0 aromatic heterocycles. The van der Waals surface area contributed by atoms with Crippen LogP contribution >= 0.6 is 0 Å². The average Bonchev–Trinajstić information content (AvgIpc) is 2.80. The number of carbonyl (C=O) groups is 2. The fourth-order valence-corrected chi connectivity index (χ4v) is 6.22. The van der Waals surface area contributed by atoms with Crippen molar-refractivity contribution in [1.82, 2.24) is 15.1 Å². The van der Waals surface area contributed by atoms with Gasteiger partial charge in [0.25, 0.3) is 0 Å². The van der Waals surface area contributed by atoms with Crippen LogP contribution in [0.25, 0.3) is 0 Å². The van der Waals surface area contributed by atoms with E-state index in [1.165, 1.54) is 30.4 Å². The third-order valence-electron chi connectivity index (χ3n) is 7.98. The minimum absolute atomic E-state index is 0. The molecule has 0 radical (unpaired) electrons. The van der Waals surface area contributed by atoms with E-state index in [0.29, 0.717) is 5.92 Å². The molecule has 0 saturated carbocycles. The van der Waals surface area contributed by atoms with E-state index < -0.39 is 0 Å². The van der Waals surface area contributed by atoms with Gasteiger partial charge in [0.05, 0.1) is 12.1 Å². The molecule has 1 aromatic rings. The summed E-state index contributed by atoms with van der Waals surface area (Å²) in [7, 11) is 0. The number of nitrogens with one attached hydrogen (secondary N) is 1. The minimum atomic E-state index is -0.150. The summed E-state index contributed by atoms with van der Waals surface area (Å²) in [6, 6.07) is 8.92. The molecule has 0 bridgehead atoms. The van der Waals surface area contributed by atoms with E-state index in [4.69, 9.17) is 4.74 Å². The van der Waals surface area contributed by atoms with E-state index in [0.717, 1.165) is 58.4 Å². The molecule has 2 atom stereocenters. The summed E-state index contributed by atoms with van der Waals surface area (Å²) >= 11 is 0. The van der Waals surface area contributed by atoms with Gasteiger partial charge in [-0.25, -0.2) is 4.79 Å². The van der Waals surface area contributed by atoms with Gasteiger partial charge in [0, 0.05) is 21.4 Å². The summed E-state index contributed by atoms with van der Waals surface area (Å²) < 4.78 is 5.41. The quantitative estimate of drug-likeness (QED) is 0.684. The number of nitrogens with zero attached hydrogens (tertiary/aromatic N) is 2. The number of fused-ring (bicyclic) bond motifs is 2. The molecule has 33 heavy (non-hydrogen) atoms. The second kappa shape index (κ2) is 10.5. The van der Waals surface area contributed by atoms with Crippen molar-refractivity contribution in [3.8, 4) is 0 Å². The van der Waals surface area contributed by atoms with Crippen LogP contribution in [0.2, 0.25) is 0 Å². The van der Waals surface area contributed by atoms with Gasteiger partial charge >= 0.3 is 6.09 Å². The average molecular weight is 458 g/mol. The van der Waals surface area contributed by atoms with E-state index in [9.17, 15) is 9.59 Å². The Balaban J connectivity index is 0.00000324. The molecular formula is C27H43N3O3. The third-order valence-corrected chi connectivity index (χ3v) is 7.98. The molecule has 3 aliphatic rings. The largest absolute Gasteiger partial charge is 0.447 e. The SMILES string of the molecule is CC(=O)NC1CCC2(CCN(CCC3CCCN(C(=O)OC(C)C)C3)CC2)c2ccccc21.[HH]. The van der Waals surface area contributed by atoms with Crippen molar-refractivity contribution in [2.24, 2.45) is 5.92 Å². The Kier molecular flexibility index (Phi) is 7.62. The monoisotopic (exact) mass is 457 g/mol. The highest BCUT2D eigenvalue weighted by atomic mass is 16.6. The molecule has 1 aliphatic carbocycles. The van der Waals surface area contributed by atoms with Crippen LogP contribution in [0.15, 0.2) is 24.3 Å². The van der Waals surface area contributed by atoms with Crippen LogP contribution in [0.5, 0.6) is 0 Å². The Morgan fingerprint density at radius 3 is 2.64 bits per heavy atom. The summed E-state index contributed by atoms with van der Waals surface area (Å²) in [6.45, 7) is 10.5. The number of ether oxygens (including phenoxy) is 1. The lowest BCUT2D eigenvalue weighted by Crippen LogP contribution is -2.47. The molecule has 2 unspecified atom stereocenters. The molecule has 1 N–H and O–H groups in total. The second-order valence-electron chi connectivity index (χ2n) is 10.7. The van der Waals surface area contributed by atoms with Crippen molar-refractivity contribution in [3.63, 3.8) is 0 Å². The Hall–Kier alpha value is -2.08. The molecule has 6 heteroatoms. The lowest BCUT2D eigenvalue weighted by Gasteiger charge is -2.47. The summed E-state index contributed by atoms with van der Waals surface area (Å²) in [5.74, 6) is 0.627. The molecule has 2 fully saturated rings. The fourth-order valence-electron chi connectivity index (χ4n) is 6.22. The van der Waals surface area contributed by atoms with Crippen LogP contribution in [-0.4, -0.2) is 60.6 Å². The molecule has 184 valence electrons. The van der Waals surface area contributed by atoms with Gasteiger partial charge in [-0.1, -0.05) is 24.3 Å². The van der Waals surface area contributed by atoms with Gasteiger partial charge in [-0.15, -0.1) is 0 Å². The van der Waals surface area contributed by atoms with Gasteiger partial charge < -0.3 is 19.9 Å². The zero-order chi connectivity index (χ0) is 23.4. The molecule has 4 rings (SSSR count). The van der Waals surface area contributed by atoms with Gasteiger partial charge in [-0.05, 0) is 101 Å². The summed E-state index contributed by atoms with van der Waals surface area (Å²) in [4.78, 5) is 28.5. The first kappa shape index (κ1) is 24.1. The Morgan fingerprint density at radius 1 is 1.15 bits per heavy atom. The molecule has 2 aliphatic heterocycles. The Labute approximate surface area is 200 Å². The molecular weight excluding hydrogens is 414 g/mol. The summed E-state index contributed by atoms with van der Waals surface area (Å²) in [6.07, 6.45) is 7.79. The Morgan fingerprint density at radius 2 is 1.91 bits per heavy atom. The predicted octanol–water partition coefficient (Wildman–Crippen LogP) is 4.88. The highest BCUT2D eigenvalue weighted by Crippen LogP contribution is 2.48. The number of benzene rings is 1. The van der Waals surface area contributed by atoms with Crippen molar-refractivity contribution < 1.29 is 15.8 Å². The standard InChI is InChI=1S/C27H41N3O3.H2/c1-20(2)33-26(32)30-15-6-7-22(19-30)11-16-29-17-13-27(14-18-29)12-10-25(28-21(3)31)23-8-4-5-9-24(23)27;/h4-5,8-9,20,22,25H,6-7,10-19H2,1-3H3,(H,28,31);1H. The number of likely N-dealkylation sites (tertiary alicyclic amines) is 2. The van der Waals surface area contributed by atoms with Gasteiger partial charge in [-0.3, -0.25) is 4.79 Å². The van der Waals surface area contributed by atoms with E-state index in [-0.39, 0.29) is 31.0 Å². The number of amides is 2. The first-order chi connectivity index (χ1) is 15.9. The molecule has 2 heterocycles. The number of hydrogen-bond acceptors (Lipinski definition) is 4. The first-order valence-electron chi connectivity index (χ1n) is 12.9. The minimum Gasteiger partial charge on any atom is -0.447 e. The van der Waals surface area contributed by atoms with E-state index in [1.54, 1.807) is 6.92 Å². The molecule has 6 nitrogen and oxygen atoms in total. The maximum absolute atomic E-state index is 12.3.